The molecule has 3 unspecified atom stereocenters. The first-order chi connectivity index (χ1) is 20.7. The molecular weight excluding hydrogens is 577 g/mol. The van der Waals surface area contributed by atoms with E-state index in [4.69, 9.17) is 14.2 Å². The van der Waals surface area contributed by atoms with Gasteiger partial charge in [0, 0.05) is 34.6 Å². The van der Waals surface area contributed by atoms with E-state index in [1.807, 2.05) is 6.92 Å². The molecule has 0 amide bonds. The monoisotopic (exact) mass is 612 g/mol. The maximum Gasteiger partial charge on any atom is 0.201 e. The molecule has 4 rings (SSSR count). The Balaban J connectivity index is 1.45. The molecule has 1 heterocycles. The fourth-order valence-corrected chi connectivity index (χ4v) is 5.17. The second kappa shape index (κ2) is 14.9. The molecule has 0 aliphatic carbocycles. The number of hydrogen-bond donors (Lipinski definition) is 0. The van der Waals surface area contributed by atoms with Crippen LogP contribution in [0, 0.1) is 40.8 Å². The van der Waals surface area contributed by atoms with E-state index in [1.54, 1.807) is 0 Å². The molecule has 234 valence electrons. The lowest BCUT2D eigenvalue weighted by molar-refractivity contribution is -0.0433. The van der Waals surface area contributed by atoms with Gasteiger partial charge in [-0.3, -0.25) is 0 Å². The molecule has 0 spiro atoms. The third-order valence-electron chi connectivity index (χ3n) is 7.69. The molecule has 0 bridgehead atoms. The van der Waals surface area contributed by atoms with E-state index in [2.05, 4.69) is 6.92 Å². The summed E-state index contributed by atoms with van der Waals surface area (Å²) in [5, 5.41) is 0. The molecule has 1 aliphatic rings. The number of benzene rings is 3. The zero-order valence-electron chi connectivity index (χ0n) is 24.1. The summed E-state index contributed by atoms with van der Waals surface area (Å²) in [6, 6.07) is 6.10. The van der Waals surface area contributed by atoms with Crippen molar-refractivity contribution in [2.45, 2.75) is 71.1 Å². The van der Waals surface area contributed by atoms with Gasteiger partial charge in [0.15, 0.2) is 34.8 Å². The zero-order chi connectivity index (χ0) is 31.1. The van der Waals surface area contributed by atoms with Crippen LogP contribution in [0.4, 0.5) is 30.7 Å². The summed E-state index contributed by atoms with van der Waals surface area (Å²) in [6.07, 6.45) is 3.58. The van der Waals surface area contributed by atoms with Crippen LogP contribution in [0.1, 0.15) is 58.8 Å². The Kier molecular flexibility index (Phi) is 11.3. The normalized spacial score (nSPS) is 17.6. The van der Waals surface area contributed by atoms with Crippen molar-refractivity contribution in [2.24, 2.45) is 5.92 Å². The number of alkyl halides is 1. The standard InChI is InChI=1S/C33H35F7O3/c1-3-5-16-41-26-13-11-23(30(37)32(26)39)21-9-10-22(29(36)28(21)35)24-12-14-27(33(40)31(24)38)42-17-15-25(34)19-7-8-20(6-4-2)43-18-19/h9-14,19-20,25H,3-8,15-18H2,1-2H3. The molecule has 3 nitrogen and oxygen atoms in total. The Hall–Kier alpha value is -3.27. The lowest BCUT2D eigenvalue weighted by Gasteiger charge is -2.30. The highest BCUT2D eigenvalue weighted by molar-refractivity contribution is 5.73. The van der Waals surface area contributed by atoms with Crippen molar-refractivity contribution in [1.82, 2.24) is 0 Å². The summed E-state index contributed by atoms with van der Waals surface area (Å²) in [4.78, 5) is 0. The van der Waals surface area contributed by atoms with Crippen LogP contribution in [0.3, 0.4) is 0 Å². The second-order valence-corrected chi connectivity index (χ2v) is 10.7. The number of halogens is 7. The first-order valence-corrected chi connectivity index (χ1v) is 14.6. The van der Waals surface area contributed by atoms with Gasteiger partial charge in [0.2, 0.25) is 11.6 Å². The van der Waals surface area contributed by atoms with Gasteiger partial charge < -0.3 is 14.2 Å². The maximum atomic E-state index is 15.1. The summed E-state index contributed by atoms with van der Waals surface area (Å²) in [7, 11) is 0. The lowest BCUT2D eigenvalue weighted by Crippen LogP contribution is -2.32. The van der Waals surface area contributed by atoms with E-state index in [0.29, 0.717) is 19.4 Å². The average Bonchev–Trinajstić information content (AvgIpc) is 3.00. The van der Waals surface area contributed by atoms with Gasteiger partial charge in [-0.2, -0.15) is 8.78 Å². The van der Waals surface area contributed by atoms with Crippen molar-refractivity contribution >= 4 is 0 Å². The predicted molar refractivity (Wildman–Crippen MR) is 150 cm³/mol. The van der Waals surface area contributed by atoms with Gasteiger partial charge in [0.05, 0.1) is 25.9 Å². The third kappa shape index (κ3) is 7.45. The van der Waals surface area contributed by atoms with E-state index in [9.17, 15) is 22.0 Å². The topological polar surface area (TPSA) is 27.7 Å². The van der Waals surface area contributed by atoms with E-state index in [0.717, 1.165) is 62.1 Å². The number of rotatable bonds is 13. The first kappa shape index (κ1) is 32.6. The highest BCUT2D eigenvalue weighted by atomic mass is 19.2. The number of ether oxygens (including phenoxy) is 3. The molecule has 0 saturated carbocycles. The smallest absolute Gasteiger partial charge is 0.201 e. The SMILES string of the molecule is CCCCOc1ccc(-c2ccc(-c3ccc(OCCC(F)C4CCC(CCC)OC4)c(F)c3F)c(F)c2F)c(F)c1F. The van der Waals surface area contributed by atoms with Gasteiger partial charge in [0.25, 0.3) is 0 Å². The molecule has 1 aliphatic heterocycles. The Bertz CT molecular complexity index is 1390. The van der Waals surface area contributed by atoms with Gasteiger partial charge >= 0.3 is 0 Å². The van der Waals surface area contributed by atoms with Crippen LogP contribution in [-0.2, 0) is 4.74 Å². The summed E-state index contributed by atoms with van der Waals surface area (Å²) < 4.78 is 120. The molecule has 3 aromatic carbocycles. The van der Waals surface area contributed by atoms with Crippen molar-refractivity contribution in [3.8, 4) is 33.8 Å². The second-order valence-electron chi connectivity index (χ2n) is 10.7. The molecule has 3 atom stereocenters. The van der Waals surface area contributed by atoms with Crippen molar-refractivity contribution < 1.29 is 44.9 Å². The van der Waals surface area contributed by atoms with Crippen molar-refractivity contribution in [3.63, 3.8) is 0 Å². The largest absolute Gasteiger partial charge is 0.490 e. The van der Waals surface area contributed by atoms with E-state index in [1.165, 1.54) is 0 Å². The van der Waals surface area contributed by atoms with Gasteiger partial charge in [-0.1, -0.05) is 38.8 Å². The maximum absolute atomic E-state index is 15.1. The summed E-state index contributed by atoms with van der Waals surface area (Å²) in [5.74, 6) is -10.1. The van der Waals surface area contributed by atoms with Crippen LogP contribution in [0.15, 0.2) is 36.4 Å². The highest BCUT2D eigenvalue weighted by Gasteiger charge is 2.28. The Morgan fingerprint density at radius 1 is 0.674 bits per heavy atom. The van der Waals surface area contributed by atoms with E-state index >= 15 is 8.78 Å². The summed E-state index contributed by atoms with van der Waals surface area (Å²) >= 11 is 0. The fourth-order valence-electron chi connectivity index (χ4n) is 5.17. The van der Waals surface area contributed by atoms with Gasteiger partial charge in [-0.25, -0.2) is 22.0 Å². The number of hydrogen-bond acceptors (Lipinski definition) is 3. The summed E-state index contributed by atoms with van der Waals surface area (Å²) in [5.41, 5.74) is -2.41. The molecule has 0 aromatic heterocycles. The van der Waals surface area contributed by atoms with Crippen LogP contribution < -0.4 is 9.47 Å². The summed E-state index contributed by atoms with van der Waals surface area (Å²) in [6.45, 7) is 4.17. The first-order valence-electron chi connectivity index (χ1n) is 14.6. The van der Waals surface area contributed by atoms with Crippen LogP contribution in [0.2, 0.25) is 0 Å². The lowest BCUT2D eigenvalue weighted by atomic mass is 9.91. The molecule has 1 fully saturated rings. The zero-order valence-corrected chi connectivity index (χ0v) is 24.1. The van der Waals surface area contributed by atoms with Crippen molar-refractivity contribution in [2.75, 3.05) is 19.8 Å². The molecule has 1 saturated heterocycles. The molecule has 0 radical (unpaired) electrons. The molecular formula is C33H35F7O3. The van der Waals surface area contributed by atoms with Crippen molar-refractivity contribution in [3.05, 3.63) is 71.3 Å². The van der Waals surface area contributed by atoms with Crippen LogP contribution in [0.25, 0.3) is 22.3 Å². The molecule has 43 heavy (non-hydrogen) atoms. The Labute approximate surface area is 247 Å². The Morgan fingerprint density at radius 3 is 1.63 bits per heavy atom. The number of unbranched alkanes of at least 4 members (excludes halogenated alkanes) is 1. The fraction of sp³-hybridized carbons (Fsp3) is 0.455. The van der Waals surface area contributed by atoms with Gasteiger partial charge in [0.1, 0.15) is 6.17 Å². The Morgan fingerprint density at radius 2 is 1.16 bits per heavy atom. The van der Waals surface area contributed by atoms with Crippen LogP contribution >= 0.6 is 0 Å². The molecule has 10 heteroatoms. The minimum atomic E-state index is -1.58. The van der Waals surface area contributed by atoms with Crippen LogP contribution in [0.5, 0.6) is 11.5 Å². The highest BCUT2D eigenvalue weighted by Crippen LogP contribution is 2.37. The predicted octanol–water partition coefficient (Wildman–Crippen LogP) is 9.74. The van der Waals surface area contributed by atoms with E-state index < -0.39 is 69.1 Å². The molecule has 0 N–H and O–H groups in total. The van der Waals surface area contributed by atoms with Gasteiger partial charge in [-0.05, 0) is 49.9 Å². The minimum absolute atomic E-state index is 0.0560. The third-order valence-corrected chi connectivity index (χ3v) is 7.69. The molecule has 3 aromatic rings. The van der Waals surface area contributed by atoms with E-state index in [-0.39, 0.29) is 37.4 Å². The van der Waals surface area contributed by atoms with Crippen LogP contribution in [-0.4, -0.2) is 32.1 Å². The minimum Gasteiger partial charge on any atom is -0.490 e. The average molecular weight is 613 g/mol. The van der Waals surface area contributed by atoms with Crippen molar-refractivity contribution in [1.29, 1.82) is 0 Å². The van der Waals surface area contributed by atoms with Gasteiger partial charge in [-0.15, -0.1) is 0 Å². The quantitative estimate of drug-likeness (QED) is 0.142.